The predicted molar refractivity (Wildman–Crippen MR) is 231 cm³/mol. The quantitative estimate of drug-likeness (QED) is 0.108. The molecule has 16 nitrogen and oxygen atoms in total. The maximum atomic E-state index is 14.4. The Labute approximate surface area is 369 Å². The highest BCUT2D eigenvalue weighted by atomic mass is 16.7. The van der Waals surface area contributed by atoms with Crippen molar-refractivity contribution in [1.29, 1.82) is 0 Å². The summed E-state index contributed by atoms with van der Waals surface area (Å²) in [7, 11) is 5.23. The molecular formula is C46H78N2O14. The molecule has 4 rings (SSSR count). The summed E-state index contributed by atoms with van der Waals surface area (Å²) in [5, 5.41) is 64.1. The van der Waals surface area contributed by atoms with Crippen LogP contribution in [-0.2, 0) is 38.1 Å². The highest BCUT2D eigenvalue weighted by molar-refractivity contribution is 5.88. The summed E-state index contributed by atoms with van der Waals surface area (Å²) in [5.41, 5.74) is -4.42. The fraction of sp³-hybridized carbons (Fsp3) is 0.826. The van der Waals surface area contributed by atoms with E-state index >= 15 is 0 Å². The van der Waals surface area contributed by atoms with Crippen molar-refractivity contribution in [3.8, 4) is 5.75 Å². The first-order valence-electron chi connectivity index (χ1n) is 22.4. The molecule has 3 aliphatic heterocycles. The molecule has 0 unspecified atom stereocenters. The van der Waals surface area contributed by atoms with Crippen LogP contribution in [0.1, 0.15) is 101 Å². The Morgan fingerprint density at radius 1 is 0.887 bits per heavy atom. The predicted octanol–water partition coefficient (Wildman–Crippen LogP) is 4.06. The number of esters is 1. The molecule has 0 aromatic heterocycles. The summed E-state index contributed by atoms with van der Waals surface area (Å²) in [6.45, 7) is 17.7. The molecule has 0 bridgehead atoms. The van der Waals surface area contributed by atoms with Crippen LogP contribution < -0.4 is 4.74 Å². The summed E-state index contributed by atoms with van der Waals surface area (Å²) >= 11 is 0. The van der Waals surface area contributed by atoms with E-state index in [-0.39, 0.29) is 38.0 Å². The average Bonchev–Trinajstić information content (AvgIpc) is 3.22. The first kappa shape index (κ1) is 52.1. The average molecular weight is 883 g/mol. The molecule has 0 saturated carbocycles. The topological polar surface area (TPSA) is 208 Å². The van der Waals surface area contributed by atoms with Crippen LogP contribution in [0.3, 0.4) is 0 Å². The number of benzene rings is 1. The van der Waals surface area contributed by atoms with E-state index in [4.69, 9.17) is 38.0 Å². The summed E-state index contributed by atoms with van der Waals surface area (Å²) < 4.78 is 43.7. The lowest BCUT2D eigenvalue weighted by Crippen LogP contribution is -2.61. The molecule has 0 aliphatic carbocycles. The third-order valence-electron chi connectivity index (χ3n) is 13.4. The van der Waals surface area contributed by atoms with Gasteiger partial charge in [-0.05, 0) is 87.0 Å². The Kier molecular flexibility index (Phi) is 18.6. The molecule has 3 fully saturated rings. The minimum Gasteiger partial charge on any atom is -0.493 e. The lowest BCUT2D eigenvalue weighted by atomic mass is 9.73. The summed E-state index contributed by atoms with van der Waals surface area (Å²) in [6.07, 6.45) is -8.92. The van der Waals surface area contributed by atoms with Crippen molar-refractivity contribution in [2.75, 3.05) is 34.4 Å². The second-order valence-corrected chi connectivity index (χ2v) is 18.9. The number of rotatable bonds is 13. The zero-order chi connectivity index (χ0) is 46.3. The Balaban J connectivity index is 1.80. The third kappa shape index (κ3) is 12.4. The smallest absolute Gasteiger partial charge is 0.311 e. The molecule has 1 aromatic rings. The number of nitrogens with zero attached hydrogens (tertiary/aromatic N) is 2. The van der Waals surface area contributed by atoms with Gasteiger partial charge in [0.2, 0.25) is 0 Å². The third-order valence-corrected chi connectivity index (χ3v) is 13.4. The maximum absolute atomic E-state index is 14.4. The number of para-hydroxylation sites is 1. The molecule has 0 spiro atoms. The van der Waals surface area contributed by atoms with Crippen LogP contribution in [0.4, 0.5) is 0 Å². The normalized spacial score (nSPS) is 43.5. The highest BCUT2D eigenvalue weighted by Crippen LogP contribution is 2.41. The molecule has 0 amide bonds. The molecule has 1 aromatic carbocycles. The molecule has 3 saturated heterocycles. The summed E-state index contributed by atoms with van der Waals surface area (Å²) in [4.78, 5) is 22.2. The van der Waals surface area contributed by atoms with E-state index in [1.165, 1.54) is 14.0 Å². The maximum Gasteiger partial charge on any atom is 0.311 e. The van der Waals surface area contributed by atoms with Crippen LogP contribution in [-0.4, -0.2) is 161 Å². The van der Waals surface area contributed by atoms with Crippen molar-refractivity contribution >= 4 is 11.7 Å². The zero-order valence-corrected chi connectivity index (χ0v) is 39.3. The zero-order valence-electron chi connectivity index (χ0n) is 39.3. The second-order valence-electron chi connectivity index (χ2n) is 18.9. The molecule has 356 valence electrons. The van der Waals surface area contributed by atoms with Gasteiger partial charge in [-0.2, -0.15) is 0 Å². The van der Waals surface area contributed by atoms with E-state index in [0.717, 1.165) is 5.75 Å². The SMILES string of the molecule is CC[C@H]1OC(=O)[C@H](C)[C@@H](O[C@H]2C[C@@](C)(OC)[C@@H](O)[C@H](C)O2)[C@H](C)[C@@H](O[C@@H]2O[C@H](C)C[C@H](N(C)C)[C@H]2O)[C@](C)(O)C[C@@H](C)/C(=N\OCCCOc2ccccc2)[C@H](C)[C@@H](O)[C@]1(C)O. The minimum absolute atomic E-state index is 0.0103. The molecule has 3 aliphatic rings. The summed E-state index contributed by atoms with van der Waals surface area (Å²) in [6, 6.07) is 9.08. The van der Waals surface area contributed by atoms with Gasteiger partial charge in [0.15, 0.2) is 12.6 Å². The van der Waals surface area contributed by atoms with Gasteiger partial charge in [0, 0.05) is 43.7 Å². The standard InChI is InChI=1S/C46H78N2O14/c1-14-34-46(10,54)39(50)28(4)36(47-57-22-18-21-56-32-19-16-15-17-20-32)26(2)24-44(8,53)41(62-43-37(49)33(48(11)12)23-27(3)58-43)29(5)38(30(6)42(52)60-34)61-35-25-45(9,55-13)40(51)31(7)59-35/h15-17,19-20,26-31,33-35,37-41,43,49-51,53-54H,14,18,21-25H2,1-13H3/b47-36+/t26-,27-,28+,29+,30-,31+,33+,34-,35+,37-,38+,39-,40+,41-,43+,44-,45-,46-/m1/s1. The molecule has 62 heavy (non-hydrogen) atoms. The number of carbonyl (C=O) groups is 1. The monoisotopic (exact) mass is 883 g/mol. The van der Waals surface area contributed by atoms with Crippen LogP contribution in [0.5, 0.6) is 5.75 Å². The number of hydrogen-bond acceptors (Lipinski definition) is 16. The second kappa shape index (κ2) is 22.1. The Hall–Kier alpha value is -2.48. The molecule has 0 radical (unpaired) electrons. The van der Waals surface area contributed by atoms with Gasteiger partial charge in [-0.25, -0.2) is 0 Å². The molecular weight excluding hydrogens is 805 g/mol. The molecule has 3 heterocycles. The Morgan fingerprint density at radius 2 is 1.55 bits per heavy atom. The lowest BCUT2D eigenvalue weighted by molar-refractivity contribution is -0.317. The Morgan fingerprint density at radius 3 is 2.16 bits per heavy atom. The van der Waals surface area contributed by atoms with E-state index < -0.39 is 102 Å². The van der Waals surface area contributed by atoms with Crippen molar-refractivity contribution < 1.29 is 68.3 Å². The molecule has 18 atom stereocenters. The molecule has 16 heteroatoms. The Bertz CT molecular complexity index is 1560. The highest BCUT2D eigenvalue weighted by Gasteiger charge is 2.53. The van der Waals surface area contributed by atoms with Gasteiger partial charge in [0.05, 0.1) is 60.0 Å². The van der Waals surface area contributed by atoms with Gasteiger partial charge in [-0.15, -0.1) is 0 Å². The number of aliphatic hydroxyl groups excluding tert-OH is 3. The largest absolute Gasteiger partial charge is 0.493 e. The van der Waals surface area contributed by atoms with Gasteiger partial charge < -0.3 is 68.4 Å². The van der Waals surface area contributed by atoms with Gasteiger partial charge in [-0.3, -0.25) is 4.79 Å². The molecule has 5 N–H and O–H groups in total. The number of oxime groups is 1. The van der Waals surface area contributed by atoms with Gasteiger partial charge in [0.25, 0.3) is 0 Å². The van der Waals surface area contributed by atoms with Crippen molar-refractivity contribution in [2.24, 2.45) is 28.8 Å². The van der Waals surface area contributed by atoms with E-state index in [2.05, 4.69) is 5.16 Å². The van der Waals surface area contributed by atoms with E-state index in [1.54, 1.807) is 48.5 Å². The van der Waals surface area contributed by atoms with E-state index in [9.17, 15) is 30.3 Å². The number of aliphatic hydroxyl groups is 5. The first-order valence-corrected chi connectivity index (χ1v) is 22.4. The van der Waals surface area contributed by atoms with Crippen molar-refractivity contribution in [2.45, 2.75) is 186 Å². The van der Waals surface area contributed by atoms with Crippen LogP contribution >= 0.6 is 0 Å². The minimum atomic E-state index is -1.96. The van der Waals surface area contributed by atoms with Crippen molar-refractivity contribution in [3.63, 3.8) is 0 Å². The fourth-order valence-corrected chi connectivity index (χ4v) is 9.54. The lowest BCUT2D eigenvalue weighted by Gasteiger charge is -2.49. The van der Waals surface area contributed by atoms with Gasteiger partial charge in [0.1, 0.15) is 36.3 Å². The number of cyclic esters (lactones) is 1. The van der Waals surface area contributed by atoms with Crippen LogP contribution in [0, 0.1) is 23.7 Å². The van der Waals surface area contributed by atoms with Crippen molar-refractivity contribution in [3.05, 3.63) is 30.3 Å². The van der Waals surface area contributed by atoms with E-state index in [0.29, 0.717) is 25.2 Å². The van der Waals surface area contributed by atoms with Gasteiger partial charge in [-0.1, -0.05) is 51.0 Å². The van der Waals surface area contributed by atoms with Crippen LogP contribution in [0.2, 0.25) is 0 Å². The number of likely N-dealkylation sites (N-methyl/N-ethyl adjacent to an activating group) is 1. The summed E-state index contributed by atoms with van der Waals surface area (Å²) in [5.74, 6) is -3.35. The van der Waals surface area contributed by atoms with Crippen LogP contribution in [0.15, 0.2) is 35.5 Å². The van der Waals surface area contributed by atoms with Crippen molar-refractivity contribution in [1.82, 2.24) is 4.90 Å². The number of hydrogen-bond donors (Lipinski definition) is 5. The number of carbonyl (C=O) groups excluding carboxylic acids is 1. The fourth-order valence-electron chi connectivity index (χ4n) is 9.54. The first-order chi connectivity index (χ1) is 29.0. The van der Waals surface area contributed by atoms with E-state index in [1.807, 2.05) is 63.2 Å². The number of methoxy groups -OCH3 is 1. The number of ether oxygens (including phenoxy) is 7. The van der Waals surface area contributed by atoms with Gasteiger partial charge >= 0.3 is 5.97 Å². The van der Waals surface area contributed by atoms with Crippen LogP contribution in [0.25, 0.3) is 0 Å².